The first-order valence-corrected chi connectivity index (χ1v) is 9.93. The van der Waals surface area contributed by atoms with Gasteiger partial charge in [0.25, 0.3) is 0 Å². The van der Waals surface area contributed by atoms with Gasteiger partial charge in [0.05, 0.1) is 11.4 Å². The van der Waals surface area contributed by atoms with Crippen molar-refractivity contribution in [2.45, 2.75) is 33.4 Å². The Hall–Kier alpha value is -2.78. The number of nitrogens with zero attached hydrogens (tertiary/aromatic N) is 6. The van der Waals surface area contributed by atoms with Crippen LogP contribution in [0, 0.1) is 6.92 Å². The Bertz CT molecular complexity index is 1150. The topological polar surface area (TPSA) is 87.7 Å². The number of benzene rings is 1. The van der Waals surface area contributed by atoms with Crippen molar-refractivity contribution in [1.29, 1.82) is 0 Å². The number of tetrazole rings is 1. The molecule has 0 amide bonds. The number of halogens is 1. The molecule has 0 N–H and O–H groups in total. The van der Waals surface area contributed by atoms with Crippen molar-refractivity contribution >= 4 is 39.1 Å². The van der Waals surface area contributed by atoms with Crippen LogP contribution in [0.25, 0.3) is 15.9 Å². The molecular formula is C18H17ClN6O2S. The molecule has 3 heterocycles. The summed E-state index contributed by atoms with van der Waals surface area (Å²) in [6.45, 7) is 4.64. The molecule has 0 fully saturated rings. The molecule has 0 unspecified atom stereocenters. The van der Waals surface area contributed by atoms with E-state index in [4.69, 9.17) is 16.3 Å². The molecule has 0 saturated heterocycles. The van der Waals surface area contributed by atoms with Gasteiger partial charge >= 0.3 is 5.97 Å². The smallest absolute Gasteiger partial charge is 0.348 e. The van der Waals surface area contributed by atoms with E-state index in [1.54, 1.807) is 15.4 Å². The van der Waals surface area contributed by atoms with Crippen LogP contribution in [-0.2, 0) is 17.9 Å². The number of esters is 1. The average molecular weight is 417 g/mol. The van der Waals surface area contributed by atoms with Gasteiger partial charge in [0.2, 0.25) is 0 Å². The number of carbonyl (C=O) groups is 1. The van der Waals surface area contributed by atoms with Crippen LogP contribution in [0.3, 0.4) is 0 Å². The molecule has 0 spiro atoms. The lowest BCUT2D eigenvalue weighted by Crippen LogP contribution is -2.10. The van der Waals surface area contributed by atoms with Gasteiger partial charge in [0, 0.05) is 17.0 Å². The molecule has 0 aliphatic rings. The van der Waals surface area contributed by atoms with Gasteiger partial charge in [0.1, 0.15) is 9.71 Å². The standard InChI is InChI=1S/C18H17ClN6O2S/c1-3-7-24-16(20-22-23-24)10-27-18(26)15-9-14-11(2)21-25(17(14)28-15)13-6-4-5-12(19)8-13/h4-6,8-9H,3,7,10H2,1-2H3. The van der Waals surface area contributed by atoms with E-state index in [-0.39, 0.29) is 6.61 Å². The number of fused-ring (bicyclic) bond motifs is 1. The first-order valence-electron chi connectivity index (χ1n) is 8.74. The number of rotatable bonds is 6. The van der Waals surface area contributed by atoms with Gasteiger partial charge in [-0.25, -0.2) is 14.2 Å². The lowest BCUT2D eigenvalue weighted by Gasteiger charge is -2.04. The summed E-state index contributed by atoms with van der Waals surface area (Å²) in [5, 5.41) is 17.5. The number of aryl methyl sites for hydroxylation is 2. The number of hydrogen-bond donors (Lipinski definition) is 0. The van der Waals surface area contributed by atoms with Crippen molar-refractivity contribution in [1.82, 2.24) is 30.0 Å². The highest BCUT2D eigenvalue weighted by Gasteiger charge is 2.19. The highest BCUT2D eigenvalue weighted by atomic mass is 35.5. The first-order chi connectivity index (χ1) is 13.6. The lowest BCUT2D eigenvalue weighted by atomic mass is 10.3. The molecule has 28 heavy (non-hydrogen) atoms. The monoisotopic (exact) mass is 416 g/mol. The summed E-state index contributed by atoms with van der Waals surface area (Å²) in [5.74, 6) is 0.113. The zero-order chi connectivity index (χ0) is 19.7. The number of thiophene rings is 1. The minimum Gasteiger partial charge on any atom is -0.453 e. The highest BCUT2D eigenvalue weighted by molar-refractivity contribution is 7.20. The molecule has 8 nitrogen and oxygen atoms in total. The molecule has 4 aromatic rings. The number of aromatic nitrogens is 6. The SMILES string of the molecule is CCCn1nnnc1COC(=O)c1cc2c(C)nn(-c3cccc(Cl)c3)c2s1. The van der Waals surface area contributed by atoms with Gasteiger partial charge in [-0.1, -0.05) is 24.6 Å². The summed E-state index contributed by atoms with van der Waals surface area (Å²) in [5.41, 5.74) is 1.67. The molecule has 0 atom stereocenters. The molecule has 3 aromatic heterocycles. The highest BCUT2D eigenvalue weighted by Crippen LogP contribution is 2.31. The average Bonchev–Trinajstić information content (AvgIpc) is 3.37. The van der Waals surface area contributed by atoms with E-state index in [0.29, 0.717) is 22.3 Å². The number of hydrogen-bond acceptors (Lipinski definition) is 7. The lowest BCUT2D eigenvalue weighted by molar-refractivity contribution is 0.0462. The predicted molar refractivity (Wildman–Crippen MR) is 106 cm³/mol. The largest absolute Gasteiger partial charge is 0.453 e. The van der Waals surface area contributed by atoms with E-state index < -0.39 is 5.97 Å². The van der Waals surface area contributed by atoms with E-state index in [1.807, 2.05) is 38.1 Å². The van der Waals surface area contributed by atoms with Crippen molar-refractivity contribution in [3.05, 3.63) is 51.7 Å². The molecule has 1 aromatic carbocycles. The number of ether oxygens (including phenoxy) is 1. The normalized spacial score (nSPS) is 11.2. The van der Waals surface area contributed by atoms with E-state index in [2.05, 4.69) is 20.6 Å². The van der Waals surface area contributed by atoms with Crippen molar-refractivity contribution < 1.29 is 9.53 Å². The van der Waals surface area contributed by atoms with Crippen molar-refractivity contribution in [2.75, 3.05) is 0 Å². The zero-order valence-electron chi connectivity index (χ0n) is 15.3. The van der Waals surface area contributed by atoms with E-state index in [0.717, 1.165) is 28.0 Å². The van der Waals surface area contributed by atoms with Gasteiger partial charge in [-0.05, 0) is 48.0 Å². The second-order valence-corrected chi connectivity index (χ2v) is 7.67. The maximum atomic E-state index is 12.5. The van der Waals surface area contributed by atoms with Crippen molar-refractivity contribution in [2.24, 2.45) is 0 Å². The fourth-order valence-electron chi connectivity index (χ4n) is 2.84. The van der Waals surface area contributed by atoms with Gasteiger partial charge in [-0.2, -0.15) is 5.10 Å². The number of carbonyl (C=O) groups excluding carboxylic acids is 1. The Morgan fingerprint density at radius 2 is 2.18 bits per heavy atom. The molecule has 0 radical (unpaired) electrons. The van der Waals surface area contributed by atoms with Crippen LogP contribution in [0.2, 0.25) is 5.02 Å². The van der Waals surface area contributed by atoms with Crippen LogP contribution in [-0.4, -0.2) is 36.0 Å². The third-order valence-corrected chi connectivity index (χ3v) is 5.50. The second kappa shape index (κ2) is 7.69. The fraction of sp³-hybridized carbons (Fsp3) is 0.278. The third kappa shape index (κ3) is 3.50. The van der Waals surface area contributed by atoms with E-state index >= 15 is 0 Å². The minimum absolute atomic E-state index is 0.0273. The van der Waals surface area contributed by atoms with E-state index in [1.165, 1.54) is 11.3 Å². The van der Waals surface area contributed by atoms with Gasteiger partial charge in [0.15, 0.2) is 12.4 Å². The Balaban J connectivity index is 1.58. The van der Waals surface area contributed by atoms with Crippen LogP contribution in [0.1, 0.15) is 34.5 Å². The maximum Gasteiger partial charge on any atom is 0.348 e. The first kappa shape index (κ1) is 18.6. The van der Waals surface area contributed by atoms with Gasteiger partial charge < -0.3 is 4.74 Å². The van der Waals surface area contributed by atoms with Crippen LogP contribution in [0.15, 0.2) is 30.3 Å². The van der Waals surface area contributed by atoms with Crippen molar-refractivity contribution in [3.63, 3.8) is 0 Å². The summed E-state index contributed by atoms with van der Waals surface area (Å²) in [6, 6.07) is 9.23. The molecule has 144 valence electrons. The van der Waals surface area contributed by atoms with Gasteiger partial charge in [-0.3, -0.25) is 0 Å². The fourth-order valence-corrected chi connectivity index (χ4v) is 4.11. The molecule has 0 aliphatic heterocycles. The Morgan fingerprint density at radius 3 is 2.96 bits per heavy atom. The predicted octanol–water partition coefficient (Wildman–Crippen LogP) is 3.80. The zero-order valence-corrected chi connectivity index (χ0v) is 16.9. The summed E-state index contributed by atoms with van der Waals surface area (Å²) in [4.78, 5) is 13.9. The molecule has 0 aliphatic carbocycles. The minimum atomic E-state index is -0.413. The summed E-state index contributed by atoms with van der Waals surface area (Å²) >= 11 is 7.43. The third-order valence-electron chi connectivity index (χ3n) is 4.17. The summed E-state index contributed by atoms with van der Waals surface area (Å²) in [7, 11) is 0. The second-order valence-electron chi connectivity index (χ2n) is 6.20. The maximum absolute atomic E-state index is 12.5. The van der Waals surface area contributed by atoms with Crippen LogP contribution in [0.5, 0.6) is 0 Å². The molecule has 10 heteroatoms. The Labute approximate surface area is 169 Å². The molecule has 0 saturated carbocycles. The molecular weight excluding hydrogens is 400 g/mol. The quantitative estimate of drug-likeness (QED) is 0.444. The van der Waals surface area contributed by atoms with Crippen LogP contribution >= 0.6 is 22.9 Å². The van der Waals surface area contributed by atoms with E-state index in [9.17, 15) is 4.79 Å². The summed E-state index contributed by atoms with van der Waals surface area (Å²) < 4.78 is 8.85. The van der Waals surface area contributed by atoms with Gasteiger partial charge in [-0.15, -0.1) is 16.4 Å². The Morgan fingerprint density at radius 1 is 1.32 bits per heavy atom. The Kier molecular flexibility index (Phi) is 5.10. The molecule has 0 bridgehead atoms. The van der Waals surface area contributed by atoms with Crippen molar-refractivity contribution in [3.8, 4) is 5.69 Å². The van der Waals surface area contributed by atoms with Crippen LogP contribution < -0.4 is 0 Å². The van der Waals surface area contributed by atoms with Crippen LogP contribution in [0.4, 0.5) is 0 Å². The summed E-state index contributed by atoms with van der Waals surface area (Å²) in [6.07, 6.45) is 0.890. The molecule has 4 rings (SSSR count).